The highest BCUT2D eigenvalue weighted by atomic mass is 16.5. The van der Waals surface area contributed by atoms with Crippen LogP contribution in [0.5, 0.6) is 5.75 Å². The largest absolute Gasteiger partial charge is 0.427 e. The summed E-state index contributed by atoms with van der Waals surface area (Å²) in [4.78, 5) is 13.7. The van der Waals surface area contributed by atoms with Crippen LogP contribution in [0.2, 0.25) is 0 Å². The van der Waals surface area contributed by atoms with Crippen LogP contribution < -0.4 is 4.74 Å². The molecule has 1 fully saturated rings. The zero-order valence-corrected chi connectivity index (χ0v) is 11.7. The Morgan fingerprint density at radius 3 is 2.95 bits per heavy atom. The van der Waals surface area contributed by atoms with Crippen LogP contribution in [0.3, 0.4) is 0 Å². The number of nitrogens with zero attached hydrogens (tertiary/aromatic N) is 1. The van der Waals surface area contributed by atoms with Gasteiger partial charge in [0.1, 0.15) is 5.75 Å². The van der Waals surface area contributed by atoms with Crippen LogP contribution in [-0.4, -0.2) is 24.0 Å². The summed E-state index contributed by atoms with van der Waals surface area (Å²) in [5, 5.41) is 0. The summed E-state index contributed by atoms with van der Waals surface area (Å²) in [7, 11) is 0. The first-order valence-electron chi connectivity index (χ1n) is 7.16. The average Bonchev–Trinajstić information content (AvgIpc) is 2.37. The Labute approximate surface area is 114 Å². The number of hydrogen-bond acceptors (Lipinski definition) is 3. The van der Waals surface area contributed by atoms with Crippen molar-refractivity contribution in [1.82, 2.24) is 4.90 Å². The molecule has 0 N–H and O–H groups in total. The van der Waals surface area contributed by atoms with Crippen molar-refractivity contribution in [3.8, 4) is 5.75 Å². The molecule has 2 aliphatic rings. The third kappa shape index (κ3) is 2.16. The number of carbonyl (C=O) groups is 1. The molecule has 0 amide bonds. The number of esters is 1. The second-order valence-electron chi connectivity index (χ2n) is 5.88. The SMILES string of the molecule is CC(=O)Oc1ccc2c(c1)CCN1CCCCC21C. The summed E-state index contributed by atoms with van der Waals surface area (Å²) in [6.07, 6.45) is 4.90. The quantitative estimate of drug-likeness (QED) is 0.573. The first-order chi connectivity index (χ1) is 9.09. The van der Waals surface area contributed by atoms with Crippen molar-refractivity contribution in [1.29, 1.82) is 0 Å². The molecule has 2 aliphatic heterocycles. The van der Waals surface area contributed by atoms with Gasteiger partial charge >= 0.3 is 5.97 Å². The fourth-order valence-electron chi connectivity index (χ4n) is 3.63. The molecule has 102 valence electrons. The number of benzene rings is 1. The zero-order valence-electron chi connectivity index (χ0n) is 11.7. The molecule has 1 atom stereocenters. The molecule has 2 heterocycles. The van der Waals surface area contributed by atoms with Gasteiger partial charge in [-0.05, 0) is 56.0 Å². The number of fused-ring (bicyclic) bond motifs is 3. The Bertz CT molecular complexity index is 511. The number of piperidine rings is 1. The van der Waals surface area contributed by atoms with E-state index in [2.05, 4.69) is 17.9 Å². The lowest BCUT2D eigenvalue weighted by molar-refractivity contribution is -0.131. The summed E-state index contributed by atoms with van der Waals surface area (Å²) in [6.45, 7) is 6.13. The minimum atomic E-state index is -0.249. The predicted octanol–water partition coefficient (Wildman–Crippen LogP) is 2.87. The molecule has 19 heavy (non-hydrogen) atoms. The maximum absolute atomic E-state index is 11.0. The van der Waals surface area contributed by atoms with Crippen molar-refractivity contribution < 1.29 is 9.53 Å². The highest BCUT2D eigenvalue weighted by molar-refractivity contribution is 5.69. The van der Waals surface area contributed by atoms with Gasteiger partial charge in [0.15, 0.2) is 0 Å². The second kappa shape index (κ2) is 4.64. The lowest BCUT2D eigenvalue weighted by atomic mass is 9.76. The number of ether oxygens (including phenoxy) is 1. The van der Waals surface area contributed by atoms with Crippen LogP contribution in [-0.2, 0) is 16.8 Å². The van der Waals surface area contributed by atoms with E-state index in [9.17, 15) is 4.79 Å². The van der Waals surface area contributed by atoms with E-state index in [0.717, 1.165) is 13.0 Å². The Morgan fingerprint density at radius 2 is 2.16 bits per heavy atom. The Kier molecular flexibility index (Phi) is 3.09. The summed E-state index contributed by atoms with van der Waals surface area (Å²) >= 11 is 0. The van der Waals surface area contributed by atoms with Crippen molar-refractivity contribution in [2.24, 2.45) is 0 Å². The van der Waals surface area contributed by atoms with Gasteiger partial charge in [-0.1, -0.05) is 12.5 Å². The van der Waals surface area contributed by atoms with E-state index >= 15 is 0 Å². The van der Waals surface area contributed by atoms with Gasteiger partial charge in [0.2, 0.25) is 0 Å². The molecule has 0 bridgehead atoms. The van der Waals surface area contributed by atoms with E-state index in [1.807, 2.05) is 12.1 Å². The number of hydrogen-bond donors (Lipinski definition) is 0. The topological polar surface area (TPSA) is 29.5 Å². The maximum atomic E-state index is 11.0. The minimum Gasteiger partial charge on any atom is -0.427 e. The van der Waals surface area contributed by atoms with Crippen LogP contribution in [0.25, 0.3) is 0 Å². The molecule has 3 heteroatoms. The molecule has 1 unspecified atom stereocenters. The van der Waals surface area contributed by atoms with E-state index in [-0.39, 0.29) is 11.5 Å². The second-order valence-corrected chi connectivity index (χ2v) is 5.88. The molecular weight excluding hydrogens is 238 g/mol. The normalized spacial score (nSPS) is 26.4. The smallest absolute Gasteiger partial charge is 0.308 e. The average molecular weight is 259 g/mol. The van der Waals surface area contributed by atoms with Crippen molar-refractivity contribution in [3.05, 3.63) is 29.3 Å². The van der Waals surface area contributed by atoms with Crippen molar-refractivity contribution in [2.45, 2.75) is 45.1 Å². The number of carbonyl (C=O) groups excluding carboxylic acids is 1. The molecule has 1 aromatic rings. The van der Waals surface area contributed by atoms with E-state index in [4.69, 9.17) is 4.74 Å². The van der Waals surface area contributed by atoms with Gasteiger partial charge in [0.25, 0.3) is 0 Å². The van der Waals surface area contributed by atoms with Gasteiger partial charge in [-0.2, -0.15) is 0 Å². The summed E-state index contributed by atoms with van der Waals surface area (Å²) in [5.74, 6) is 0.431. The van der Waals surface area contributed by atoms with Crippen molar-refractivity contribution in [2.75, 3.05) is 13.1 Å². The lowest BCUT2D eigenvalue weighted by Crippen LogP contribution is -2.51. The molecular formula is C16H21NO2. The van der Waals surface area contributed by atoms with E-state index < -0.39 is 0 Å². The van der Waals surface area contributed by atoms with E-state index in [1.165, 1.54) is 43.9 Å². The van der Waals surface area contributed by atoms with Gasteiger partial charge in [-0.3, -0.25) is 9.69 Å². The van der Waals surface area contributed by atoms with E-state index in [1.54, 1.807) is 0 Å². The lowest BCUT2D eigenvalue weighted by Gasteiger charge is -2.49. The van der Waals surface area contributed by atoms with Crippen molar-refractivity contribution in [3.63, 3.8) is 0 Å². The fraction of sp³-hybridized carbons (Fsp3) is 0.562. The molecule has 0 saturated carbocycles. The Hall–Kier alpha value is -1.35. The van der Waals surface area contributed by atoms with Crippen LogP contribution in [0, 0.1) is 0 Å². The standard InChI is InChI=1S/C16H21NO2/c1-12(18)19-14-5-6-15-13(11-14)7-10-17-9-4-3-8-16(15,17)2/h5-6,11H,3-4,7-10H2,1-2H3. The zero-order chi connectivity index (χ0) is 13.5. The van der Waals surface area contributed by atoms with Gasteiger partial charge in [-0.15, -0.1) is 0 Å². The van der Waals surface area contributed by atoms with Gasteiger partial charge < -0.3 is 4.74 Å². The third-order valence-electron chi connectivity index (χ3n) is 4.61. The fourth-order valence-corrected chi connectivity index (χ4v) is 3.63. The Morgan fingerprint density at radius 1 is 1.32 bits per heavy atom. The molecule has 0 aliphatic carbocycles. The van der Waals surface area contributed by atoms with Gasteiger partial charge in [0, 0.05) is 19.0 Å². The van der Waals surface area contributed by atoms with Crippen LogP contribution >= 0.6 is 0 Å². The minimum absolute atomic E-state index is 0.181. The van der Waals surface area contributed by atoms with Crippen LogP contribution in [0.4, 0.5) is 0 Å². The summed E-state index contributed by atoms with van der Waals surface area (Å²) in [5.41, 5.74) is 2.95. The van der Waals surface area contributed by atoms with Crippen LogP contribution in [0.1, 0.15) is 44.2 Å². The summed E-state index contributed by atoms with van der Waals surface area (Å²) < 4.78 is 5.20. The van der Waals surface area contributed by atoms with E-state index in [0.29, 0.717) is 5.75 Å². The van der Waals surface area contributed by atoms with Crippen LogP contribution in [0.15, 0.2) is 18.2 Å². The van der Waals surface area contributed by atoms with Crippen molar-refractivity contribution >= 4 is 5.97 Å². The van der Waals surface area contributed by atoms with Gasteiger partial charge in [-0.25, -0.2) is 0 Å². The highest BCUT2D eigenvalue weighted by Crippen LogP contribution is 2.42. The third-order valence-corrected chi connectivity index (χ3v) is 4.61. The molecule has 0 radical (unpaired) electrons. The molecule has 0 aromatic heterocycles. The maximum Gasteiger partial charge on any atom is 0.308 e. The number of rotatable bonds is 1. The predicted molar refractivity (Wildman–Crippen MR) is 74.2 cm³/mol. The monoisotopic (exact) mass is 259 g/mol. The molecule has 1 aromatic carbocycles. The Balaban J connectivity index is 1.97. The molecule has 3 rings (SSSR count). The highest BCUT2D eigenvalue weighted by Gasteiger charge is 2.39. The van der Waals surface area contributed by atoms with Gasteiger partial charge in [0.05, 0.1) is 0 Å². The summed E-state index contributed by atoms with van der Waals surface area (Å²) in [6, 6.07) is 6.14. The first kappa shape index (κ1) is 12.7. The molecule has 1 saturated heterocycles. The first-order valence-corrected chi connectivity index (χ1v) is 7.16. The molecule has 3 nitrogen and oxygen atoms in total. The molecule has 0 spiro atoms.